The predicted octanol–water partition coefficient (Wildman–Crippen LogP) is 2.00. The molecule has 1 heterocycles. The van der Waals surface area contributed by atoms with Crippen molar-refractivity contribution >= 4 is 10.9 Å². The number of benzene rings is 1. The van der Waals surface area contributed by atoms with Gasteiger partial charge in [-0.25, -0.2) is 0 Å². The molecular weight excluding hydrogens is 160 g/mol. The molecule has 1 aromatic carbocycles. The lowest BCUT2D eigenvalue weighted by molar-refractivity contribution is 1.08. The summed E-state index contributed by atoms with van der Waals surface area (Å²) < 4.78 is 0. The average Bonchev–Trinajstić information content (AvgIpc) is 2.19. The monoisotopic (exact) mass is 172 g/mol. The van der Waals surface area contributed by atoms with Crippen LogP contribution in [-0.2, 0) is 6.54 Å². The van der Waals surface area contributed by atoms with E-state index in [0.29, 0.717) is 6.54 Å². The van der Waals surface area contributed by atoms with Crippen molar-refractivity contribution in [1.29, 1.82) is 0 Å². The second-order valence-corrected chi connectivity index (χ2v) is 3.15. The Morgan fingerprint density at radius 3 is 2.92 bits per heavy atom. The van der Waals surface area contributed by atoms with Gasteiger partial charge in [0, 0.05) is 18.1 Å². The molecule has 2 heteroatoms. The van der Waals surface area contributed by atoms with Gasteiger partial charge >= 0.3 is 0 Å². The third-order valence-corrected chi connectivity index (χ3v) is 2.28. The predicted molar refractivity (Wildman–Crippen MR) is 54.4 cm³/mol. The number of rotatable bonds is 1. The number of aromatic nitrogens is 1. The Kier molecular flexibility index (Phi) is 1.99. The second-order valence-electron chi connectivity index (χ2n) is 3.15. The van der Waals surface area contributed by atoms with E-state index in [1.54, 1.807) is 0 Å². The number of pyridine rings is 1. The van der Waals surface area contributed by atoms with E-state index in [4.69, 9.17) is 5.73 Å². The van der Waals surface area contributed by atoms with Gasteiger partial charge < -0.3 is 5.73 Å². The quantitative estimate of drug-likeness (QED) is 0.714. The Morgan fingerprint density at radius 1 is 1.31 bits per heavy atom. The summed E-state index contributed by atoms with van der Waals surface area (Å²) in [6.07, 6.45) is 1.82. The van der Waals surface area contributed by atoms with Crippen LogP contribution in [0.25, 0.3) is 10.9 Å². The summed E-state index contributed by atoms with van der Waals surface area (Å²) in [4.78, 5) is 4.33. The van der Waals surface area contributed by atoms with Gasteiger partial charge in [0.25, 0.3) is 0 Å². The van der Waals surface area contributed by atoms with Gasteiger partial charge in [-0.15, -0.1) is 0 Å². The van der Waals surface area contributed by atoms with E-state index in [-0.39, 0.29) is 0 Å². The molecule has 0 bridgehead atoms. The Morgan fingerprint density at radius 2 is 2.15 bits per heavy atom. The second kappa shape index (κ2) is 3.15. The lowest BCUT2D eigenvalue weighted by Crippen LogP contribution is -1.98. The van der Waals surface area contributed by atoms with Gasteiger partial charge in [0.2, 0.25) is 0 Å². The van der Waals surface area contributed by atoms with Crippen molar-refractivity contribution in [3.63, 3.8) is 0 Å². The van der Waals surface area contributed by atoms with Crippen LogP contribution in [-0.4, -0.2) is 4.98 Å². The summed E-state index contributed by atoms with van der Waals surface area (Å²) in [5.41, 5.74) is 9.06. The van der Waals surface area contributed by atoms with E-state index < -0.39 is 0 Å². The lowest BCUT2D eigenvalue weighted by atomic mass is 10.1. The van der Waals surface area contributed by atoms with Gasteiger partial charge in [-0.3, -0.25) is 4.98 Å². The molecule has 0 fully saturated rings. The highest BCUT2D eigenvalue weighted by molar-refractivity contribution is 5.84. The van der Waals surface area contributed by atoms with E-state index in [0.717, 1.165) is 11.1 Å². The molecule has 0 saturated carbocycles. The minimum absolute atomic E-state index is 0.572. The van der Waals surface area contributed by atoms with Crippen molar-refractivity contribution in [2.24, 2.45) is 5.73 Å². The third kappa shape index (κ3) is 1.29. The highest BCUT2D eigenvalue weighted by Gasteiger charge is 2.01. The van der Waals surface area contributed by atoms with Gasteiger partial charge in [0.05, 0.1) is 5.52 Å². The van der Waals surface area contributed by atoms with Crippen LogP contribution in [0.5, 0.6) is 0 Å². The number of aryl methyl sites for hydroxylation is 1. The number of hydrogen-bond acceptors (Lipinski definition) is 2. The Bertz CT molecular complexity index is 435. The maximum absolute atomic E-state index is 5.64. The Hall–Kier alpha value is -1.41. The van der Waals surface area contributed by atoms with Gasteiger partial charge in [0.1, 0.15) is 0 Å². The number of fused-ring (bicyclic) bond motifs is 1. The molecule has 0 saturated heterocycles. The van der Waals surface area contributed by atoms with Crippen LogP contribution < -0.4 is 5.73 Å². The van der Waals surface area contributed by atoms with Gasteiger partial charge in [0.15, 0.2) is 0 Å². The molecule has 2 nitrogen and oxygen atoms in total. The molecule has 2 rings (SSSR count). The molecule has 2 aromatic rings. The van der Waals surface area contributed by atoms with Crippen LogP contribution in [0, 0.1) is 6.92 Å². The number of hydrogen-bond donors (Lipinski definition) is 1. The molecule has 1 aromatic heterocycles. The van der Waals surface area contributed by atoms with Crippen molar-refractivity contribution in [2.45, 2.75) is 13.5 Å². The SMILES string of the molecule is Cc1ccc(CN)c2cccnc12. The molecule has 0 aliphatic carbocycles. The first-order chi connectivity index (χ1) is 6.33. The Balaban J connectivity index is 2.84. The molecule has 2 N–H and O–H groups in total. The number of nitrogens with zero attached hydrogens (tertiary/aromatic N) is 1. The smallest absolute Gasteiger partial charge is 0.0734 e. The van der Waals surface area contributed by atoms with Gasteiger partial charge in [-0.2, -0.15) is 0 Å². The summed E-state index contributed by atoms with van der Waals surface area (Å²) in [6, 6.07) is 8.15. The van der Waals surface area contributed by atoms with E-state index in [9.17, 15) is 0 Å². The highest BCUT2D eigenvalue weighted by atomic mass is 14.7. The zero-order valence-electron chi connectivity index (χ0n) is 7.62. The molecule has 0 spiro atoms. The largest absolute Gasteiger partial charge is 0.326 e. The highest BCUT2D eigenvalue weighted by Crippen LogP contribution is 2.19. The van der Waals surface area contributed by atoms with Crippen LogP contribution in [0.15, 0.2) is 30.5 Å². The first-order valence-electron chi connectivity index (χ1n) is 4.36. The maximum Gasteiger partial charge on any atom is 0.0734 e. The van der Waals surface area contributed by atoms with Crippen LogP contribution in [0.3, 0.4) is 0 Å². The zero-order valence-corrected chi connectivity index (χ0v) is 7.62. The normalized spacial score (nSPS) is 10.6. The summed E-state index contributed by atoms with van der Waals surface area (Å²) in [5, 5.41) is 1.17. The first-order valence-corrected chi connectivity index (χ1v) is 4.36. The molecule has 0 radical (unpaired) electrons. The van der Waals surface area contributed by atoms with Crippen molar-refractivity contribution in [1.82, 2.24) is 4.98 Å². The van der Waals surface area contributed by atoms with E-state index in [1.165, 1.54) is 10.9 Å². The standard InChI is InChI=1S/C11H12N2/c1-8-4-5-9(7-12)10-3-2-6-13-11(8)10/h2-6H,7,12H2,1H3. The molecule has 0 amide bonds. The van der Waals surface area contributed by atoms with Crippen molar-refractivity contribution in [3.05, 3.63) is 41.6 Å². The summed E-state index contributed by atoms with van der Waals surface area (Å²) in [7, 11) is 0. The number of nitrogens with two attached hydrogens (primary N) is 1. The van der Waals surface area contributed by atoms with Crippen molar-refractivity contribution < 1.29 is 0 Å². The molecule has 13 heavy (non-hydrogen) atoms. The van der Waals surface area contributed by atoms with Crippen LogP contribution in [0.2, 0.25) is 0 Å². The summed E-state index contributed by atoms with van der Waals surface area (Å²) in [6.45, 7) is 2.64. The first kappa shape index (κ1) is 8.20. The molecule has 66 valence electrons. The average molecular weight is 172 g/mol. The Labute approximate surface area is 77.4 Å². The van der Waals surface area contributed by atoms with Crippen molar-refractivity contribution in [3.8, 4) is 0 Å². The fraction of sp³-hybridized carbons (Fsp3) is 0.182. The lowest BCUT2D eigenvalue weighted by Gasteiger charge is -2.05. The molecular formula is C11H12N2. The molecule has 0 aliphatic heterocycles. The maximum atomic E-state index is 5.64. The van der Waals surface area contributed by atoms with Crippen molar-refractivity contribution in [2.75, 3.05) is 0 Å². The van der Waals surface area contributed by atoms with E-state index in [2.05, 4.69) is 30.1 Å². The third-order valence-electron chi connectivity index (χ3n) is 2.28. The summed E-state index contributed by atoms with van der Waals surface area (Å²) >= 11 is 0. The molecule has 0 aliphatic rings. The topological polar surface area (TPSA) is 38.9 Å². The van der Waals surface area contributed by atoms with Crippen LogP contribution >= 0.6 is 0 Å². The fourth-order valence-corrected chi connectivity index (χ4v) is 1.55. The van der Waals surface area contributed by atoms with Crippen LogP contribution in [0.4, 0.5) is 0 Å². The van der Waals surface area contributed by atoms with Gasteiger partial charge in [-0.05, 0) is 24.1 Å². The van der Waals surface area contributed by atoms with Crippen LogP contribution in [0.1, 0.15) is 11.1 Å². The van der Waals surface area contributed by atoms with E-state index in [1.807, 2.05) is 12.3 Å². The molecule has 0 unspecified atom stereocenters. The molecule has 0 atom stereocenters. The minimum Gasteiger partial charge on any atom is -0.326 e. The zero-order chi connectivity index (χ0) is 9.26. The van der Waals surface area contributed by atoms with Gasteiger partial charge in [-0.1, -0.05) is 18.2 Å². The summed E-state index contributed by atoms with van der Waals surface area (Å²) in [5.74, 6) is 0. The minimum atomic E-state index is 0.572. The fourth-order valence-electron chi connectivity index (χ4n) is 1.55. The van der Waals surface area contributed by atoms with E-state index >= 15 is 0 Å².